The van der Waals surface area contributed by atoms with Crippen LogP contribution in [0.2, 0.25) is 0 Å². The molecule has 0 unspecified atom stereocenters. The number of carboxylic acids is 1. The molecule has 0 bridgehead atoms. The van der Waals surface area contributed by atoms with Gasteiger partial charge in [-0.25, -0.2) is 13.6 Å². The van der Waals surface area contributed by atoms with Crippen LogP contribution in [0.5, 0.6) is 0 Å². The second kappa shape index (κ2) is 6.95. The fourth-order valence-electron chi connectivity index (χ4n) is 4.03. The van der Waals surface area contributed by atoms with Gasteiger partial charge < -0.3 is 14.9 Å². The van der Waals surface area contributed by atoms with E-state index in [0.29, 0.717) is 12.8 Å². The molecule has 0 spiro atoms. The number of rotatable bonds is 5. The number of aliphatic hydroxyl groups is 1. The average Bonchev–Trinajstić information content (AvgIpc) is 3.21. The maximum atomic E-state index is 13.7. The van der Waals surface area contributed by atoms with Crippen LogP contribution in [0.4, 0.5) is 8.78 Å². The van der Waals surface area contributed by atoms with Gasteiger partial charge >= 0.3 is 11.9 Å². The molecule has 0 aliphatic heterocycles. The summed E-state index contributed by atoms with van der Waals surface area (Å²) < 4.78 is 32.8. The van der Waals surface area contributed by atoms with E-state index < -0.39 is 47.8 Å². The van der Waals surface area contributed by atoms with Crippen molar-refractivity contribution >= 4 is 11.9 Å². The number of benzene rings is 1. The van der Waals surface area contributed by atoms with Gasteiger partial charge in [-0.1, -0.05) is 30.3 Å². The first kappa shape index (κ1) is 18.8. The Morgan fingerprint density at radius 1 is 1.15 bits per heavy atom. The van der Waals surface area contributed by atoms with Crippen molar-refractivity contribution < 1.29 is 33.3 Å². The number of aliphatic carboxylic acids is 1. The van der Waals surface area contributed by atoms with Crippen molar-refractivity contribution in [2.24, 2.45) is 11.8 Å². The number of carbonyl (C=O) groups is 2. The van der Waals surface area contributed by atoms with Crippen molar-refractivity contribution in [2.45, 2.75) is 56.2 Å². The summed E-state index contributed by atoms with van der Waals surface area (Å²) >= 11 is 0. The monoisotopic (exact) mass is 368 g/mol. The third-order valence-corrected chi connectivity index (χ3v) is 5.53. The Labute approximate surface area is 150 Å². The molecule has 0 saturated heterocycles. The molecule has 26 heavy (non-hydrogen) atoms. The zero-order chi connectivity index (χ0) is 18.9. The van der Waals surface area contributed by atoms with Crippen LogP contribution in [0.3, 0.4) is 0 Å². The van der Waals surface area contributed by atoms with Gasteiger partial charge in [0.15, 0.2) is 5.60 Å². The molecule has 2 aliphatic rings. The summed E-state index contributed by atoms with van der Waals surface area (Å²) in [6.07, 6.45) is -0.642. The Hall–Kier alpha value is -2.02. The van der Waals surface area contributed by atoms with Crippen molar-refractivity contribution in [3.05, 3.63) is 35.9 Å². The molecule has 2 saturated carbocycles. The summed E-state index contributed by atoms with van der Waals surface area (Å²) in [4.78, 5) is 23.9. The van der Waals surface area contributed by atoms with E-state index in [1.807, 2.05) is 0 Å². The molecule has 2 N–H and O–H groups in total. The van der Waals surface area contributed by atoms with Crippen molar-refractivity contribution in [2.75, 3.05) is 0 Å². The molecule has 0 radical (unpaired) electrons. The highest BCUT2D eigenvalue weighted by Gasteiger charge is 2.55. The minimum Gasteiger partial charge on any atom is -0.481 e. The number of alkyl halides is 2. The van der Waals surface area contributed by atoms with Crippen LogP contribution in [-0.4, -0.2) is 34.2 Å². The average molecular weight is 368 g/mol. The third-order valence-electron chi connectivity index (χ3n) is 5.53. The van der Waals surface area contributed by atoms with Gasteiger partial charge in [0.2, 0.25) is 5.92 Å². The second-order valence-corrected chi connectivity index (χ2v) is 7.30. The molecule has 1 aromatic carbocycles. The molecule has 5 nitrogen and oxygen atoms in total. The van der Waals surface area contributed by atoms with Crippen LogP contribution in [0.25, 0.3) is 0 Å². The lowest BCUT2D eigenvalue weighted by Crippen LogP contribution is -2.45. The normalized spacial score (nSPS) is 29.9. The number of esters is 1. The van der Waals surface area contributed by atoms with Gasteiger partial charge in [0.05, 0.1) is 5.92 Å². The van der Waals surface area contributed by atoms with E-state index in [2.05, 4.69) is 0 Å². The Bertz CT molecular complexity index is 678. The SMILES string of the molecule is O=C(O)[C@@H]1CC[C@@H](OC(=O)[C@](O)(c2ccccc2)[C@@H]2CCC(F)(F)C2)C1. The lowest BCUT2D eigenvalue weighted by molar-refractivity contribution is -0.180. The Kier molecular flexibility index (Phi) is 5.01. The molecule has 2 aliphatic carbocycles. The maximum absolute atomic E-state index is 13.7. The molecule has 7 heteroatoms. The van der Waals surface area contributed by atoms with Crippen LogP contribution in [-0.2, 0) is 19.9 Å². The number of carboxylic acid groups (broad SMARTS) is 1. The van der Waals surface area contributed by atoms with Crippen LogP contribution in [0, 0.1) is 11.8 Å². The van der Waals surface area contributed by atoms with E-state index >= 15 is 0 Å². The molecule has 3 rings (SSSR count). The fourth-order valence-corrected chi connectivity index (χ4v) is 4.03. The molecular formula is C19H22F2O5. The van der Waals surface area contributed by atoms with Crippen LogP contribution in [0.15, 0.2) is 30.3 Å². The molecule has 142 valence electrons. The highest BCUT2D eigenvalue weighted by atomic mass is 19.3. The molecule has 1 aromatic rings. The lowest BCUT2D eigenvalue weighted by Gasteiger charge is -2.33. The Morgan fingerprint density at radius 3 is 2.38 bits per heavy atom. The molecule has 4 atom stereocenters. The van der Waals surface area contributed by atoms with E-state index in [0.717, 1.165) is 0 Å². The summed E-state index contributed by atoms with van der Waals surface area (Å²) in [5.74, 6) is -6.38. The summed E-state index contributed by atoms with van der Waals surface area (Å²) in [5, 5.41) is 20.3. The minimum absolute atomic E-state index is 0.00983. The van der Waals surface area contributed by atoms with Gasteiger partial charge in [-0.3, -0.25) is 4.79 Å². The number of ether oxygens (including phenoxy) is 1. The summed E-state index contributed by atoms with van der Waals surface area (Å²) in [5.41, 5.74) is -1.94. The minimum atomic E-state index is -2.92. The number of halogens is 2. The number of carbonyl (C=O) groups excluding carboxylic acids is 1. The van der Waals surface area contributed by atoms with Crippen LogP contribution >= 0.6 is 0 Å². The molecule has 0 amide bonds. The van der Waals surface area contributed by atoms with Crippen molar-refractivity contribution in [3.63, 3.8) is 0 Å². The Morgan fingerprint density at radius 2 is 1.85 bits per heavy atom. The van der Waals surface area contributed by atoms with Gasteiger partial charge in [-0.2, -0.15) is 0 Å². The number of hydrogen-bond acceptors (Lipinski definition) is 4. The zero-order valence-electron chi connectivity index (χ0n) is 14.2. The smallest absolute Gasteiger partial charge is 0.343 e. The first-order chi connectivity index (χ1) is 12.2. The zero-order valence-corrected chi connectivity index (χ0v) is 14.2. The van der Waals surface area contributed by atoms with Crippen molar-refractivity contribution in [1.82, 2.24) is 0 Å². The molecule has 0 aromatic heterocycles. The first-order valence-electron chi connectivity index (χ1n) is 8.82. The summed E-state index contributed by atoms with van der Waals surface area (Å²) in [7, 11) is 0. The van der Waals surface area contributed by atoms with Gasteiger partial charge in [0.25, 0.3) is 0 Å². The Balaban J connectivity index is 1.82. The van der Waals surface area contributed by atoms with E-state index in [1.54, 1.807) is 18.2 Å². The number of hydrogen-bond donors (Lipinski definition) is 2. The highest BCUT2D eigenvalue weighted by Crippen LogP contribution is 2.48. The van der Waals surface area contributed by atoms with E-state index in [-0.39, 0.29) is 24.8 Å². The van der Waals surface area contributed by atoms with Gasteiger partial charge in [-0.15, -0.1) is 0 Å². The van der Waals surface area contributed by atoms with Crippen molar-refractivity contribution in [1.29, 1.82) is 0 Å². The third kappa shape index (κ3) is 3.58. The van der Waals surface area contributed by atoms with Gasteiger partial charge in [0, 0.05) is 18.8 Å². The van der Waals surface area contributed by atoms with E-state index in [1.165, 1.54) is 12.1 Å². The van der Waals surface area contributed by atoms with E-state index in [9.17, 15) is 23.5 Å². The maximum Gasteiger partial charge on any atom is 0.343 e. The highest BCUT2D eigenvalue weighted by molar-refractivity contribution is 5.82. The molecule has 0 heterocycles. The molecular weight excluding hydrogens is 346 g/mol. The standard InChI is InChI=1S/C19H22F2O5/c20-18(21)9-8-14(11-18)19(25,13-4-2-1-3-5-13)17(24)26-15-7-6-12(10-15)16(22)23/h1-5,12,14-15,25H,6-11H2,(H,22,23)/t12-,14-,15-,19+/m1/s1. The summed E-state index contributed by atoms with van der Waals surface area (Å²) in [6, 6.07) is 7.99. The fraction of sp³-hybridized carbons (Fsp3) is 0.579. The lowest BCUT2D eigenvalue weighted by atomic mass is 9.80. The predicted octanol–water partition coefficient (Wildman–Crippen LogP) is 3.11. The quantitative estimate of drug-likeness (QED) is 0.781. The topological polar surface area (TPSA) is 83.8 Å². The molecule has 2 fully saturated rings. The first-order valence-corrected chi connectivity index (χ1v) is 8.82. The van der Waals surface area contributed by atoms with Gasteiger partial charge in [0.1, 0.15) is 6.10 Å². The van der Waals surface area contributed by atoms with Crippen LogP contribution < -0.4 is 0 Å². The van der Waals surface area contributed by atoms with Crippen molar-refractivity contribution in [3.8, 4) is 0 Å². The van der Waals surface area contributed by atoms with E-state index in [4.69, 9.17) is 9.84 Å². The predicted molar refractivity (Wildman–Crippen MR) is 87.5 cm³/mol. The summed E-state index contributed by atoms with van der Waals surface area (Å²) in [6.45, 7) is 0. The second-order valence-electron chi connectivity index (χ2n) is 7.30. The largest absolute Gasteiger partial charge is 0.481 e. The van der Waals surface area contributed by atoms with Crippen LogP contribution in [0.1, 0.15) is 44.1 Å². The van der Waals surface area contributed by atoms with Gasteiger partial charge in [-0.05, 0) is 31.2 Å².